The van der Waals surface area contributed by atoms with E-state index in [4.69, 9.17) is 5.11 Å². The molecule has 6 heteroatoms. The van der Waals surface area contributed by atoms with Crippen molar-refractivity contribution in [1.82, 2.24) is 9.55 Å². The lowest BCUT2D eigenvalue weighted by Gasteiger charge is -2.04. The number of benzene rings is 1. The third kappa shape index (κ3) is 3.03. The van der Waals surface area contributed by atoms with Crippen molar-refractivity contribution in [3.8, 4) is 0 Å². The number of aromatic nitrogens is 2. The van der Waals surface area contributed by atoms with Crippen molar-refractivity contribution in [2.45, 2.75) is 23.4 Å². The molecular weight excluding hydrogens is 264 g/mol. The van der Waals surface area contributed by atoms with Gasteiger partial charge in [-0.1, -0.05) is 11.8 Å². The second kappa shape index (κ2) is 5.71. The van der Waals surface area contributed by atoms with Gasteiger partial charge >= 0.3 is 5.97 Å². The summed E-state index contributed by atoms with van der Waals surface area (Å²) in [6.45, 7) is 2.48. The maximum Gasteiger partial charge on any atom is 0.335 e. The number of carbonyl (C=O) groups is 1. The summed E-state index contributed by atoms with van der Waals surface area (Å²) in [6, 6.07) is 6.34. The molecule has 1 aromatic carbocycles. The fourth-order valence-electron chi connectivity index (χ4n) is 1.52. The summed E-state index contributed by atoms with van der Waals surface area (Å²) in [5, 5.41) is 9.19. The van der Waals surface area contributed by atoms with Crippen LogP contribution in [-0.4, -0.2) is 20.6 Å². The third-order valence-electron chi connectivity index (χ3n) is 2.54. The first-order chi connectivity index (χ1) is 9.11. The van der Waals surface area contributed by atoms with Gasteiger partial charge in [0.25, 0.3) is 5.56 Å². The normalized spacial score (nSPS) is 10.4. The number of aryl methyl sites for hydroxylation is 1. The monoisotopic (exact) mass is 276 g/mol. The summed E-state index contributed by atoms with van der Waals surface area (Å²) in [5.74, 6) is -0.970. The Morgan fingerprint density at radius 1 is 1.37 bits per heavy atom. The molecule has 0 spiro atoms. The molecule has 98 valence electrons. The molecule has 0 unspecified atom stereocenters. The molecule has 1 aromatic heterocycles. The average molecular weight is 276 g/mol. The molecule has 0 aliphatic carbocycles. The van der Waals surface area contributed by atoms with Crippen LogP contribution in [0.1, 0.15) is 17.3 Å². The number of hydrogen-bond donors (Lipinski definition) is 1. The van der Waals surface area contributed by atoms with Crippen molar-refractivity contribution in [3.63, 3.8) is 0 Å². The quantitative estimate of drug-likeness (QED) is 0.926. The molecule has 5 nitrogen and oxygen atoms in total. The van der Waals surface area contributed by atoms with Crippen LogP contribution in [0.25, 0.3) is 0 Å². The highest BCUT2D eigenvalue weighted by Crippen LogP contribution is 2.23. The van der Waals surface area contributed by atoms with Crippen LogP contribution in [0.15, 0.2) is 51.4 Å². The Balaban J connectivity index is 2.26. The average Bonchev–Trinajstić information content (AvgIpc) is 2.42. The first-order valence-electron chi connectivity index (χ1n) is 5.68. The van der Waals surface area contributed by atoms with E-state index in [1.807, 2.05) is 6.92 Å². The van der Waals surface area contributed by atoms with E-state index in [0.717, 1.165) is 4.90 Å². The van der Waals surface area contributed by atoms with Crippen molar-refractivity contribution in [1.29, 1.82) is 0 Å². The van der Waals surface area contributed by atoms with Gasteiger partial charge in [0.2, 0.25) is 0 Å². The molecule has 2 aromatic rings. The van der Waals surface area contributed by atoms with Gasteiger partial charge < -0.3 is 9.67 Å². The van der Waals surface area contributed by atoms with Gasteiger partial charge in [0.1, 0.15) is 0 Å². The summed E-state index contributed by atoms with van der Waals surface area (Å²) in [7, 11) is 0. The molecule has 19 heavy (non-hydrogen) atoms. The Bertz CT molecular complexity index is 650. The fraction of sp³-hybridized carbons (Fsp3) is 0.154. The highest BCUT2D eigenvalue weighted by Gasteiger charge is 2.07. The van der Waals surface area contributed by atoms with Gasteiger partial charge in [0, 0.05) is 23.8 Å². The molecule has 1 heterocycles. The minimum absolute atomic E-state index is 0.141. The summed E-state index contributed by atoms with van der Waals surface area (Å²) in [4.78, 5) is 27.5. The number of nitrogens with zero attached hydrogens (tertiary/aromatic N) is 2. The largest absolute Gasteiger partial charge is 0.478 e. The maximum atomic E-state index is 12.0. The zero-order chi connectivity index (χ0) is 13.8. The molecule has 0 amide bonds. The molecule has 0 bridgehead atoms. The predicted octanol–water partition coefficient (Wildman–Crippen LogP) is 2.11. The van der Waals surface area contributed by atoms with E-state index in [1.54, 1.807) is 29.1 Å². The van der Waals surface area contributed by atoms with E-state index in [9.17, 15) is 9.59 Å². The Morgan fingerprint density at radius 2 is 2.05 bits per heavy atom. The van der Waals surface area contributed by atoms with E-state index in [2.05, 4.69) is 4.98 Å². The van der Waals surface area contributed by atoms with Crippen LogP contribution in [0, 0.1) is 0 Å². The highest BCUT2D eigenvalue weighted by atomic mass is 32.2. The lowest BCUT2D eigenvalue weighted by molar-refractivity contribution is 0.0697. The molecule has 0 atom stereocenters. The number of carboxylic acids is 1. The van der Waals surface area contributed by atoms with Crippen LogP contribution in [0.5, 0.6) is 0 Å². The SMILES string of the molecule is CCn1ccnc(Sc2ccc(C(=O)O)cc2)c1=O. The Labute approximate surface area is 113 Å². The van der Waals surface area contributed by atoms with Crippen LogP contribution in [0.4, 0.5) is 0 Å². The van der Waals surface area contributed by atoms with E-state index < -0.39 is 5.97 Å². The Kier molecular flexibility index (Phi) is 4.01. The van der Waals surface area contributed by atoms with Crippen molar-refractivity contribution >= 4 is 17.7 Å². The minimum atomic E-state index is -0.970. The molecule has 0 saturated heterocycles. The number of aromatic carboxylic acids is 1. The van der Waals surface area contributed by atoms with Crippen molar-refractivity contribution < 1.29 is 9.90 Å². The van der Waals surface area contributed by atoms with Gasteiger partial charge in [-0.2, -0.15) is 0 Å². The first-order valence-corrected chi connectivity index (χ1v) is 6.50. The molecule has 2 rings (SSSR count). The second-order valence-electron chi connectivity index (χ2n) is 3.76. The smallest absolute Gasteiger partial charge is 0.335 e. The molecule has 0 aliphatic heterocycles. The van der Waals surface area contributed by atoms with Crippen molar-refractivity contribution in [2.75, 3.05) is 0 Å². The van der Waals surface area contributed by atoms with Gasteiger partial charge in [-0.25, -0.2) is 9.78 Å². The lowest BCUT2D eigenvalue weighted by atomic mass is 10.2. The van der Waals surface area contributed by atoms with E-state index in [-0.39, 0.29) is 11.1 Å². The lowest BCUT2D eigenvalue weighted by Crippen LogP contribution is -2.20. The summed E-state index contributed by atoms with van der Waals surface area (Å²) >= 11 is 1.23. The molecule has 0 saturated carbocycles. The van der Waals surface area contributed by atoms with Gasteiger partial charge in [-0.15, -0.1) is 0 Å². The predicted molar refractivity (Wildman–Crippen MR) is 71.7 cm³/mol. The molecule has 0 fully saturated rings. The van der Waals surface area contributed by atoms with Crippen LogP contribution >= 0.6 is 11.8 Å². The van der Waals surface area contributed by atoms with Crippen molar-refractivity contribution in [2.24, 2.45) is 0 Å². The third-order valence-corrected chi connectivity index (χ3v) is 3.52. The Morgan fingerprint density at radius 3 is 2.63 bits per heavy atom. The summed E-state index contributed by atoms with van der Waals surface area (Å²) in [6.07, 6.45) is 3.22. The number of carboxylic acid groups (broad SMARTS) is 1. The number of hydrogen-bond acceptors (Lipinski definition) is 4. The second-order valence-corrected chi connectivity index (χ2v) is 4.82. The van der Waals surface area contributed by atoms with Gasteiger partial charge in [-0.05, 0) is 31.2 Å². The standard InChI is InChI=1S/C13H12N2O3S/c1-2-15-8-7-14-11(12(15)16)19-10-5-3-9(4-6-10)13(17)18/h3-8H,2H2,1H3,(H,17,18). The molecule has 1 N–H and O–H groups in total. The molecule has 0 radical (unpaired) electrons. The van der Waals surface area contributed by atoms with Crippen LogP contribution in [-0.2, 0) is 6.54 Å². The maximum absolute atomic E-state index is 12.0. The van der Waals surface area contributed by atoms with Gasteiger partial charge in [-0.3, -0.25) is 4.79 Å². The van der Waals surface area contributed by atoms with Gasteiger partial charge in [0.15, 0.2) is 5.03 Å². The van der Waals surface area contributed by atoms with E-state index in [0.29, 0.717) is 11.6 Å². The summed E-state index contributed by atoms with van der Waals surface area (Å²) in [5.41, 5.74) is 0.0775. The summed E-state index contributed by atoms with van der Waals surface area (Å²) < 4.78 is 1.57. The zero-order valence-corrected chi connectivity index (χ0v) is 11.1. The van der Waals surface area contributed by atoms with Crippen LogP contribution < -0.4 is 5.56 Å². The molecular formula is C13H12N2O3S. The van der Waals surface area contributed by atoms with E-state index >= 15 is 0 Å². The van der Waals surface area contributed by atoms with Crippen LogP contribution in [0.3, 0.4) is 0 Å². The number of rotatable bonds is 4. The highest BCUT2D eigenvalue weighted by molar-refractivity contribution is 7.99. The van der Waals surface area contributed by atoms with Gasteiger partial charge in [0.05, 0.1) is 5.56 Å². The van der Waals surface area contributed by atoms with Crippen LogP contribution in [0.2, 0.25) is 0 Å². The van der Waals surface area contributed by atoms with E-state index in [1.165, 1.54) is 23.9 Å². The topological polar surface area (TPSA) is 72.2 Å². The molecule has 0 aliphatic rings. The zero-order valence-electron chi connectivity index (χ0n) is 10.2. The van der Waals surface area contributed by atoms with Crippen molar-refractivity contribution in [3.05, 3.63) is 52.6 Å². The Hall–Kier alpha value is -2.08. The fourth-order valence-corrected chi connectivity index (χ4v) is 2.34. The minimum Gasteiger partial charge on any atom is -0.478 e. The first kappa shape index (κ1) is 13.4.